The first-order valence-electron chi connectivity index (χ1n) is 7.91. The van der Waals surface area contributed by atoms with E-state index >= 15 is 0 Å². The molecule has 0 aliphatic carbocycles. The summed E-state index contributed by atoms with van der Waals surface area (Å²) in [5, 5.41) is 5.21. The number of nitrogens with zero attached hydrogens (tertiary/aromatic N) is 1. The third kappa shape index (κ3) is 4.72. The lowest BCUT2D eigenvalue weighted by Gasteiger charge is -2.19. The van der Waals surface area contributed by atoms with Crippen molar-refractivity contribution in [2.75, 3.05) is 23.7 Å². The van der Waals surface area contributed by atoms with Crippen molar-refractivity contribution in [3.63, 3.8) is 0 Å². The maximum Gasteiger partial charge on any atom is 0.323 e. The Morgan fingerprint density at radius 1 is 1.08 bits per heavy atom. The van der Waals surface area contributed by atoms with Crippen molar-refractivity contribution < 1.29 is 17.6 Å². The van der Waals surface area contributed by atoms with Crippen molar-refractivity contribution in [1.29, 1.82) is 0 Å². The molecule has 140 valence electrons. The van der Waals surface area contributed by atoms with E-state index in [1.807, 2.05) is 0 Å². The minimum absolute atomic E-state index is 0.0303. The molecule has 2 N–H and O–H groups in total. The molecule has 0 radical (unpaired) electrons. The third-order valence-electron chi connectivity index (χ3n) is 3.63. The Labute approximate surface area is 157 Å². The van der Waals surface area contributed by atoms with Crippen LogP contribution in [0.5, 0.6) is 0 Å². The Morgan fingerprint density at radius 3 is 2.27 bits per heavy atom. The Bertz CT molecular complexity index is 885. The van der Waals surface area contributed by atoms with Gasteiger partial charge in [-0.2, -0.15) is 4.31 Å². The van der Waals surface area contributed by atoms with E-state index in [1.165, 1.54) is 46.8 Å². The minimum Gasteiger partial charge on any atom is -0.308 e. The number of urea groups is 1. The molecule has 0 aliphatic heterocycles. The van der Waals surface area contributed by atoms with Crippen LogP contribution in [0, 0.1) is 5.82 Å². The quantitative estimate of drug-likeness (QED) is 0.765. The van der Waals surface area contributed by atoms with Gasteiger partial charge >= 0.3 is 6.03 Å². The van der Waals surface area contributed by atoms with E-state index in [9.17, 15) is 17.6 Å². The maximum atomic E-state index is 12.9. The molecule has 0 aliphatic rings. The number of amides is 2. The molecule has 2 rings (SSSR count). The molecule has 0 bridgehead atoms. The smallest absolute Gasteiger partial charge is 0.308 e. The van der Waals surface area contributed by atoms with Crippen molar-refractivity contribution in [2.45, 2.75) is 18.7 Å². The van der Waals surface area contributed by atoms with Gasteiger partial charge in [0.15, 0.2) is 0 Å². The van der Waals surface area contributed by atoms with Gasteiger partial charge in [-0.15, -0.1) is 0 Å². The highest BCUT2D eigenvalue weighted by atomic mass is 35.5. The summed E-state index contributed by atoms with van der Waals surface area (Å²) in [4.78, 5) is 12.1. The van der Waals surface area contributed by atoms with Gasteiger partial charge in [-0.25, -0.2) is 17.6 Å². The zero-order valence-electron chi connectivity index (χ0n) is 14.3. The number of carbonyl (C=O) groups excluding carboxylic acids is 1. The number of halogens is 2. The average molecular weight is 400 g/mol. The number of carbonyl (C=O) groups is 1. The highest BCUT2D eigenvalue weighted by molar-refractivity contribution is 7.89. The van der Waals surface area contributed by atoms with Gasteiger partial charge in [0.2, 0.25) is 10.0 Å². The molecule has 0 aromatic heterocycles. The van der Waals surface area contributed by atoms with E-state index < -0.39 is 21.9 Å². The van der Waals surface area contributed by atoms with Crippen LogP contribution in [0.4, 0.5) is 20.6 Å². The van der Waals surface area contributed by atoms with Crippen LogP contribution in [0.3, 0.4) is 0 Å². The normalized spacial score (nSPS) is 11.4. The first kappa shape index (κ1) is 20.2. The van der Waals surface area contributed by atoms with Gasteiger partial charge in [0.05, 0.1) is 15.6 Å². The molecule has 0 saturated heterocycles. The van der Waals surface area contributed by atoms with Crippen molar-refractivity contribution in [3.8, 4) is 0 Å². The molecule has 2 amide bonds. The van der Waals surface area contributed by atoms with Gasteiger partial charge < -0.3 is 10.6 Å². The molecule has 0 saturated carbocycles. The van der Waals surface area contributed by atoms with Gasteiger partial charge in [0.1, 0.15) is 5.82 Å². The van der Waals surface area contributed by atoms with Crippen LogP contribution in [0.2, 0.25) is 5.02 Å². The summed E-state index contributed by atoms with van der Waals surface area (Å²) in [6.45, 7) is 4.14. The van der Waals surface area contributed by atoms with Gasteiger partial charge in [0, 0.05) is 18.8 Å². The minimum atomic E-state index is -3.68. The van der Waals surface area contributed by atoms with E-state index in [0.29, 0.717) is 18.8 Å². The molecule has 2 aromatic carbocycles. The molecular weight excluding hydrogens is 381 g/mol. The van der Waals surface area contributed by atoms with Crippen LogP contribution >= 0.6 is 11.6 Å². The van der Waals surface area contributed by atoms with E-state index in [0.717, 1.165) is 0 Å². The van der Waals surface area contributed by atoms with Crippen molar-refractivity contribution in [2.24, 2.45) is 0 Å². The summed E-state index contributed by atoms with van der Waals surface area (Å²) in [7, 11) is -3.68. The molecule has 0 fully saturated rings. The van der Waals surface area contributed by atoms with Gasteiger partial charge in [-0.05, 0) is 42.5 Å². The molecule has 9 heteroatoms. The molecule has 0 unspecified atom stereocenters. The predicted octanol–water partition coefficient (Wildman–Crippen LogP) is 4.15. The molecule has 0 atom stereocenters. The second kappa shape index (κ2) is 8.48. The Balaban J connectivity index is 2.21. The summed E-state index contributed by atoms with van der Waals surface area (Å²) in [6.07, 6.45) is 0. The van der Waals surface area contributed by atoms with E-state index in [2.05, 4.69) is 10.6 Å². The number of hydrogen-bond acceptors (Lipinski definition) is 3. The summed E-state index contributed by atoms with van der Waals surface area (Å²) in [5.41, 5.74) is 0.534. The Hall–Kier alpha value is -2.16. The van der Waals surface area contributed by atoms with Crippen LogP contribution in [0.15, 0.2) is 47.4 Å². The number of nitrogens with one attached hydrogen (secondary N) is 2. The zero-order chi connectivity index (χ0) is 19.3. The van der Waals surface area contributed by atoms with E-state index in [1.54, 1.807) is 13.8 Å². The predicted molar refractivity (Wildman–Crippen MR) is 101 cm³/mol. The summed E-state index contributed by atoms with van der Waals surface area (Å²) >= 11 is 6.06. The van der Waals surface area contributed by atoms with E-state index in [-0.39, 0.29) is 15.6 Å². The lowest BCUT2D eigenvalue weighted by molar-refractivity contribution is 0.262. The van der Waals surface area contributed by atoms with Crippen LogP contribution < -0.4 is 10.6 Å². The standard InChI is InChI=1S/C17H19ClFN3O3S/c1-3-22(4-2)26(24,25)14-9-10-15(18)16(11-14)21-17(23)20-13-7-5-12(19)6-8-13/h5-11H,3-4H2,1-2H3,(H2,20,21,23). The Morgan fingerprint density at radius 2 is 1.69 bits per heavy atom. The molecule has 26 heavy (non-hydrogen) atoms. The highest BCUT2D eigenvalue weighted by Gasteiger charge is 2.22. The number of rotatable bonds is 6. The fourth-order valence-corrected chi connectivity index (χ4v) is 3.94. The second-order valence-corrected chi connectivity index (χ2v) is 7.66. The first-order chi connectivity index (χ1) is 12.3. The largest absolute Gasteiger partial charge is 0.323 e. The molecule has 0 spiro atoms. The van der Waals surface area contributed by atoms with Crippen molar-refractivity contribution in [1.82, 2.24) is 4.31 Å². The lowest BCUT2D eigenvalue weighted by Crippen LogP contribution is -2.30. The number of anilines is 2. The second-order valence-electron chi connectivity index (χ2n) is 5.32. The molecule has 6 nitrogen and oxygen atoms in total. The summed E-state index contributed by atoms with van der Waals surface area (Å²) in [6, 6.07) is 8.69. The van der Waals surface area contributed by atoms with Crippen LogP contribution in [0.25, 0.3) is 0 Å². The number of sulfonamides is 1. The maximum absolute atomic E-state index is 12.9. The monoisotopic (exact) mass is 399 g/mol. The summed E-state index contributed by atoms with van der Waals surface area (Å²) < 4.78 is 39.4. The topological polar surface area (TPSA) is 78.5 Å². The zero-order valence-corrected chi connectivity index (χ0v) is 15.9. The van der Waals surface area contributed by atoms with Crippen molar-refractivity contribution in [3.05, 3.63) is 53.3 Å². The van der Waals surface area contributed by atoms with Crippen LogP contribution in [-0.2, 0) is 10.0 Å². The van der Waals surface area contributed by atoms with Gasteiger partial charge in [-0.3, -0.25) is 0 Å². The fourth-order valence-electron chi connectivity index (χ4n) is 2.29. The molecule has 2 aromatic rings. The molecule has 0 heterocycles. The lowest BCUT2D eigenvalue weighted by atomic mass is 10.3. The van der Waals surface area contributed by atoms with E-state index in [4.69, 9.17) is 11.6 Å². The van der Waals surface area contributed by atoms with Crippen LogP contribution in [0.1, 0.15) is 13.8 Å². The first-order valence-corrected chi connectivity index (χ1v) is 9.73. The van der Waals surface area contributed by atoms with Gasteiger partial charge in [-0.1, -0.05) is 25.4 Å². The number of hydrogen-bond donors (Lipinski definition) is 2. The molecular formula is C17H19ClFN3O3S. The average Bonchev–Trinajstić information content (AvgIpc) is 2.59. The van der Waals surface area contributed by atoms with Crippen molar-refractivity contribution >= 4 is 39.0 Å². The third-order valence-corrected chi connectivity index (χ3v) is 6.01. The SMILES string of the molecule is CCN(CC)S(=O)(=O)c1ccc(Cl)c(NC(=O)Nc2ccc(F)cc2)c1. The fraction of sp³-hybridized carbons (Fsp3) is 0.235. The number of benzene rings is 2. The van der Waals surface area contributed by atoms with Crippen LogP contribution in [-0.4, -0.2) is 31.8 Å². The van der Waals surface area contributed by atoms with Gasteiger partial charge in [0.25, 0.3) is 0 Å². The summed E-state index contributed by atoms with van der Waals surface area (Å²) in [5.74, 6) is -0.423. The Kier molecular flexibility index (Phi) is 6.57. The highest BCUT2D eigenvalue weighted by Crippen LogP contribution is 2.27.